The van der Waals surface area contributed by atoms with Gasteiger partial charge < -0.3 is 11.5 Å². The number of hydrogen-bond acceptors (Lipinski definition) is 3. The quantitative estimate of drug-likeness (QED) is 0.657. The van der Waals surface area contributed by atoms with Gasteiger partial charge in [0.25, 0.3) is 0 Å². The Bertz CT molecular complexity index is 774. The van der Waals surface area contributed by atoms with Crippen LogP contribution in [0.15, 0.2) is 59.5 Å². The Labute approximate surface area is 157 Å². The maximum Gasteiger partial charge on any atom is 0.243 e. The van der Waals surface area contributed by atoms with Gasteiger partial charge in [-0.05, 0) is 35.7 Å². The van der Waals surface area contributed by atoms with Crippen molar-refractivity contribution in [2.75, 3.05) is 18.8 Å². The zero-order valence-electron chi connectivity index (χ0n) is 15.6. The van der Waals surface area contributed by atoms with E-state index in [2.05, 4.69) is 17.9 Å². The van der Waals surface area contributed by atoms with E-state index in [1.807, 2.05) is 32.0 Å². The molecule has 0 aliphatic carbocycles. The van der Waals surface area contributed by atoms with Crippen molar-refractivity contribution in [2.45, 2.75) is 37.6 Å². The molecule has 1 atom stereocenters. The van der Waals surface area contributed by atoms with Crippen LogP contribution >= 0.6 is 0 Å². The average molecular weight is 377 g/mol. The summed E-state index contributed by atoms with van der Waals surface area (Å²) < 4.78 is 27.6. The largest absolute Gasteiger partial charge is 0.399 e. The molecule has 0 radical (unpaired) electrons. The van der Waals surface area contributed by atoms with Gasteiger partial charge in [0.2, 0.25) is 10.0 Å². The second kappa shape index (κ2) is 9.16. The van der Waals surface area contributed by atoms with Crippen molar-refractivity contribution < 1.29 is 14.2 Å². The van der Waals surface area contributed by atoms with E-state index in [0.29, 0.717) is 18.8 Å². The molecule has 26 heavy (non-hydrogen) atoms. The summed E-state index contributed by atoms with van der Waals surface area (Å²) in [7, 11) is -3.53. The first kappa shape index (κ1) is 20.4. The molecule has 2 aromatic carbocycles. The fraction of sp³-hybridized carbons (Fsp3) is 0.400. The number of nitrogens with two attached hydrogens (primary N) is 1. The number of anilines is 1. The minimum absolute atomic E-state index is 0.161. The summed E-state index contributed by atoms with van der Waals surface area (Å²) in [6.45, 7) is 5.00. The lowest BCUT2D eigenvalue weighted by Gasteiger charge is -2.24. The van der Waals surface area contributed by atoms with Crippen molar-refractivity contribution in [3.05, 3.63) is 60.2 Å². The minimum Gasteiger partial charge on any atom is -0.399 e. The summed E-state index contributed by atoms with van der Waals surface area (Å²) in [6.07, 6.45) is 1.56. The molecule has 0 aliphatic rings. The van der Waals surface area contributed by atoms with Gasteiger partial charge in [-0.15, -0.1) is 0 Å². The molecule has 0 unspecified atom stereocenters. The molecule has 5 N–H and O–H groups in total. The fourth-order valence-electron chi connectivity index (χ4n) is 2.88. The van der Waals surface area contributed by atoms with E-state index in [1.54, 1.807) is 28.6 Å². The van der Waals surface area contributed by atoms with Gasteiger partial charge in [0, 0.05) is 31.6 Å². The summed E-state index contributed by atoms with van der Waals surface area (Å²) in [5, 5.41) is 0. The third-order valence-corrected chi connectivity index (χ3v) is 6.12. The van der Waals surface area contributed by atoms with E-state index in [4.69, 9.17) is 5.73 Å². The maximum absolute atomic E-state index is 13.0. The van der Waals surface area contributed by atoms with Crippen molar-refractivity contribution in [2.24, 2.45) is 5.92 Å². The molecular formula is C20H30N3O2S+. The third kappa shape index (κ3) is 5.83. The number of sulfonamides is 1. The van der Waals surface area contributed by atoms with Crippen molar-refractivity contribution in [3.63, 3.8) is 0 Å². The molecule has 2 rings (SSSR count). The van der Waals surface area contributed by atoms with Crippen LogP contribution in [0, 0.1) is 5.92 Å². The summed E-state index contributed by atoms with van der Waals surface area (Å²) in [4.78, 5) is 0.288. The fourth-order valence-corrected chi connectivity index (χ4v) is 4.50. The third-order valence-electron chi connectivity index (χ3n) is 4.24. The van der Waals surface area contributed by atoms with Gasteiger partial charge in [-0.25, -0.2) is 8.42 Å². The molecule has 0 heterocycles. The first-order valence-electron chi connectivity index (χ1n) is 9.01. The molecule has 0 fully saturated rings. The highest BCUT2D eigenvalue weighted by Crippen LogP contribution is 2.19. The molecule has 0 aromatic heterocycles. The molecule has 0 spiro atoms. The second-order valence-electron chi connectivity index (χ2n) is 7.17. The Morgan fingerprint density at radius 2 is 1.65 bits per heavy atom. The number of quaternary nitrogens is 1. The second-order valence-corrected chi connectivity index (χ2v) is 9.11. The predicted molar refractivity (Wildman–Crippen MR) is 106 cm³/mol. The van der Waals surface area contributed by atoms with E-state index in [0.717, 1.165) is 12.8 Å². The highest BCUT2D eigenvalue weighted by Gasteiger charge is 2.26. The zero-order valence-corrected chi connectivity index (χ0v) is 16.5. The van der Waals surface area contributed by atoms with Crippen molar-refractivity contribution in [1.29, 1.82) is 0 Å². The number of nitrogen functional groups attached to an aromatic ring is 1. The number of rotatable bonds is 9. The smallest absolute Gasteiger partial charge is 0.243 e. The Kier molecular flexibility index (Phi) is 7.20. The molecule has 2 aromatic rings. The van der Waals surface area contributed by atoms with E-state index in [9.17, 15) is 8.42 Å². The lowest BCUT2D eigenvalue weighted by molar-refractivity contribution is -0.420. The molecule has 0 bridgehead atoms. The molecule has 142 valence electrons. The minimum atomic E-state index is -3.53. The summed E-state index contributed by atoms with van der Waals surface area (Å²) >= 11 is 0. The first-order valence-corrected chi connectivity index (χ1v) is 10.5. The van der Waals surface area contributed by atoms with Crippen LogP contribution in [0.4, 0.5) is 5.69 Å². The van der Waals surface area contributed by atoms with Crippen LogP contribution in [0.1, 0.15) is 25.8 Å². The van der Waals surface area contributed by atoms with Crippen LogP contribution in [0.2, 0.25) is 0 Å². The van der Waals surface area contributed by atoms with Crippen molar-refractivity contribution in [3.8, 4) is 0 Å². The Hall–Kier alpha value is -1.89. The monoisotopic (exact) mass is 376 g/mol. The van der Waals surface area contributed by atoms with Gasteiger partial charge in [0.15, 0.2) is 0 Å². The maximum atomic E-state index is 13.0. The summed E-state index contributed by atoms with van der Waals surface area (Å²) in [6, 6.07) is 16.7. The van der Waals surface area contributed by atoms with Gasteiger partial charge in [-0.2, -0.15) is 4.31 Å². The van der Waals surface area contributed by atoms with Crippen LogP contribution in [-0.2, 0) is 16.4 Å². The molecule has 0 saturated heterocycles. The first-order chi connectivity index (χ1) is 12.3. The topological polar surface area (TPSA) is 91.0 Å². The highest BCUT2D eigenvalue weighted by molar-refractivity contribution is 7.89. The molecule has 0 aliphatic heterocycles. The summed E-state index contributed by atoms with van der Waals surface area (Å²) in [5.74, 6) is 0.246. The SMILES string of the molecule is CC(C)CN(CC[C@@H]([NH3+])Cc1ccccc1)S(=O)(=O)c1ccc(N)cc1. The average Bonchev–Trinajstić information content (AvgIpc) is 2.59. The number of benzene rings is 2. The van der Waals surface area contributed by atoms with E-state index in [1.165, 1.54) is 5.56 Å². The normalized spacial score (nSPS) is 13.3. The Morgan fingerprint density at radius 1 is 1.04 bits per heavy atom. The van der Waals surface area contributed by atoms with Crippen LogP contribution in [0.5, 0.6) is 0 Å². The lowest BCUT2D eigenvalue weighted by Crippen LogP contribution is -2.62. The van der Waals surface area contributed by atoms with E-state index >= 15 is 0 Å². The van der Waals surface area contributed by atoms with Gasteiger partial charge in [0.1, 0.15) is 0 Å². The highest BCUT2D eigenvalue weighted by atomic mass is 32.2. The zero-order chi connectivity index (χ0) is 19.2. The Balaban J connectivity index is 2.07. The van der Waals surface area contributed by atoms with E-state index < -0.39 is 10.0 Å². The molecule has 5 nitrogen and oxygen atoms in total. The lowest BCUT2D eigenvalue weighted by atomic mass is 10.0. The van der Waals surface area contributed by atoms with Crippen LogP contribution in [0.25, 0.3) is 0 Å². The van der Waals surface area contributed by atoms with E-state index in [-0.39, 0.29) is 16.9 Å². The molecule has 0 amide bonds. The number of hydrogen-bond donors (Lipinski definition) is 2. The standard InChI is InChI=1S/C20H29N3O2S/c1-16(2)15-23(26(24,25)20-10-8-18(21)9-11-20)13-12-19(22)14-17-6-4-3-5-7-17/h3-11,16,19H,12-15,21-22H2,1-2H3/p+1/t19-/m1/s1. The van der Waals surface area contributed by atoms with Crippen LogP contribution in [0.3, 0.4) is 0 Å². The van der Waals surface area contributed by atoms with Gasteiger partial charge in [-0.3, -0.25) is 0 Å². The van der Waals surface area contributed by atoms with Gasteiger partial charge in [-0.1, -0.05) is 44.2 Å². The van der Waals surface area contributed by atoms with Gasteiger partial charge >= 0.3 is 0 Å². The predicted octanol–water partition coefficient (Wildman–Crippen LogP) is 2.16. The Morgan fingerprint density at radius 3 is 2.23 bits per heavy atom. The number of nitrogens with zero attached hydrogens (tertiary/aromatic N) is 1. The van der Waals surface area contributed by atoms with Gasteiger partial charge in [0.05, 0.1) is 10.9 Å². The summed E-state index contributed by atoms with van der Waals surface area (Å²) in [5.41, 5.74) is 11.7. The van der Waals surface area contributed by atoms with Crippen LogP contribution < -0.4 is 11.5 Å². The molecule has 6 heteroatoms. The molecule has 0 saturated carbocycles. The van der Waals surface area contributed by atoms with Crippen LogP contribution in [-0.4, -0.2) is 31.9 Å². The molecular weight excluding hydrogens is 346 g/mol. The van der Waals surface area contributed by atoms with Crippen molar-refractivity contribution in [1.82, 2.24) is 4.31 Å². The van der Waals surface area contributed by atoms with Crippen molar-refractivity contribution >= 4 is 15.7 Å².